The van der Waals surface area contributed by atoms with E-state index in [9.17, 15) is 9.59 Å². The summed E-state index contributed by atoms with van der Waals surface area (Å²) in [4.78, 5) is 36.0. The first kappa shape index (κ1) is 27.4. The topological polar surface area (TPSA) is 98.5 Å². The number of nitrogens with zero attached hydrogens (tertiary/aromatic N) is 4. The number of benzene rings is 1. The summed E-state index contributed by atoms with van der Waals surface area (Å²) in [5.41, 5.74) is 2.75. The average molecular weight is 564 g/mol. The largest absolute Gasteiger partial charge is 0.381 e. The molecule has 39 heavy (non-hydrogen) atoms. The molecule has 1 saturated heterocycles. The van der Waals surface area contributed by atoms with E-state index in [1.165, 1.54) is 10.9 Å². The van der Waals surface area contributed by atoms with Gasteiger partial charge in [0.15, 0.2) is 0 Å². The van der Waals surface area contributed by atoms with Crippen LogP contribution in [0.25, 0.3) is 0 Å². The number of halogens is 1. The molecular weight excluding hydrogens is 530 g/mol. The van der Waals surface area contributed by atoms with Gasteiger partial charge in [0.05, 0.1) is 17.8 Å². The van der Waals surface area contributed by atoms with Crippen LogP contribution in [0.3, 0.4) is 0 Å². The minimum Gasteiger partial charge on any atom is -0.381 e. The Bertz CT molecular complexity index is 1380. The van der Waals surface area contributed by atoms with E-state index in [2.05, 4.69) is 27.3 Å². The van der Waals surface area contributed by atoms with Gasteiger partial charge in [0.25, 0.3) is 5.91 Å². The smallest absolute Gasteiger partial charge is 0.294 e. The van der Waals surface area contributed by atoms with Gasteiger partial charge in [-0.15, -0.1) is 0 Å². The maximum atomic E-state index is 14.1. The van der Waals surface area contributed by atoms with Gasteiger partial charge in [-0.2, -0.15) is 5.10 Å². The van der Waals surface area contributed by atoms with Crippen molar-refractivity contribution in [1.82, 2.24) is 14.8 Å². The van der Waals surface area contributed by atoms with Gasteiger partial charge in [0.2, 0.25) is 5.91 Å². The number of aliphatic imine (C=N–C) groups is 1. The molecule has 5 rings (SSSR count). The molecule has 0 radical (unpaired) electrons. The van der Waals surface area contributed by atoms with Crippen molar-refractivity contribution in [3.8, 4) is 0 Å². The third kappa shape index (κ3) is 5.48. The Labute approximate surface area is 236 Å². The Morgan fingerprint density at radius 3 is 2.59 bits per heavy atom. The van der Waals surface area contributed by atoms with Gasteiger partial charge in [0, 0.05) is 64.6 Å². The number of ether oxygens (including phenoxy) is 1. The second kappa shape index (κ2) is 11.2. The van der Waals surface area contributed by atoms with Gasteiger partial charge in [-0.1, -0.05) is 36.7 Å². The van der Waals surface area contributed by atoms with Gasteiger partial charge in [-0.3, -0.25) is 19.3 Å². The molecule has 2 aliphatic rings. The van der Waals surface area contributed by atoms with E-state index in [-0.39, 0.29) is 11.3 Å². The minimum atomic E-state index is -0.719. The zero-order chi connectivity index (χ0) is 27.6. The van der Waals surface area contributed by atoms with Gasteiger partial charge in [-0.05, 0) is 60.9 Å². The molecular formula is C29H34ClN5O3Si. The Kier molecular flexibility index (Phi) is 7.84. The molecule has 8 nitrogen and oxygen atoms in total. The highest BCUT2D eigenvalue weighted by molar-refractivity contribution is 6.33. The number of hydrogen-bond donors (Lipinski definition) is 1. The predicted octanol–water partition coefficient (Wildman–Crippen LogP) is 3.89. The van der Waals surface area contributed by atoms with Gasteiger partial charge in [-0.25, -0.2) is 4.99 Å². The highest BCUT2D eigenvalue weighted by atomic mass is 35.5. The summed E-state index contributed by atoms with van der Waals surface area (Å²) in [6, 6.07) is 13.2. The number of anilines is 1. The third-order valence-corrected chi connectivity index (χ3v) is 11.4. The summed E-state index contributed by atoms with van der Waals surface area (Å²) < 4.78 is 6.95. The zero-order valence-electron chi connectivity index (χ0n) is 22.6. The van der Waals surface area contributed by atoms with Crippen LogP contribution in [0, 0.1) is 11.3 Å². The van der Waals surface area contributed by atoms with Crippen molar-refractivity contribution in [2.24, 2.45) is 23.4 Å². The van der Waals surface area contributed by atoms with Crippen molar-refractivity contribution in [1.29, 1.82) is 0 Å². The molecule has 0 bridgehead atoms. The SMILES string of the molecule is Cn1nccc1C(=O)/N=C/C(C(=O)Nc1ccc(C2CCOCC2)nc1)C([SiH3])(c1ccccc1Cl)C1(C)CC1. The van der Waals surface area contributed by atoms with Gasteiger partial charge < -0.3 is 10.1 Å². The normalized spacial score (nSPS) is 19.5. The van der Waals surface area contributed by atoms with E-state index in [4.69, 9.17) is 16.3 Å². The van der Waals surface area contributed by atoms with Crippen LogP contribution in [0.15, 0.2) is 59.9 Å². The van der Waals surface area contributed by atoms with E-state index in [0.29, 0.717) is 32.6 Å². The summed E-state index contributed by atoms with van der Waals surface area (Å²) >= 11 is 6.76. The molecule has 204 valence electrons. The molecule has 2 unspecified atom stereocenters. The van der Waals surface area contributed by atoms with Crippen LogP contribution in [0.2, 0.25) is 5.02 Å². The molecule has 1 N–H and O–H groups in total. The number of carbonyl (C=O) groups is 2. The van der Waals surface area contributed by atoms with Crippen molar-refractivity contribution in [3.63, 3.8) is 0 Å². The lowest BCUT2D eigenvalue weighted by molar-refractivity contribution is -0.119. The number of aromatic nitrogens is 3. The molecule has 2 amide bonds. The quantitative estimate of drug-likeness (QED) is 0.331. The highest BCUT2D eigenvalue weighted by Crippen LogP contribution is 2.61. The van der Waals surface area contributed by atoms with Crippen molar-refractivity contribution >= 4 is 45.6 Å². The summed E-state index contributed by atoms with van der Waals surface area (Å²) in [7, 11) is 2.31. The van der Waals surface area contributed by atoms with Crippen LogP contribution in [-0.4, -0.2) is 56.2 Å². The number of rotatable bonds is 8. The van der Waals surface area contributed by atoms with Crippen molar-refractivity contribution in [2.75, 3.05) is 18.5 Å². The molecule has 2 fully saturated rings. The first-order chi connectivity index (χ1) is 18.7. The third-order valence-electron chi connectivity index (χ3n) is 8.67. The molecule has 3 aromatic rings. The second-order valence-corrected chi connectivity index (χ2v) is 13.0. The molecule has 3 heterocycles. The molecule has 1 aliphatic heterocycles. The summed E-state index contributed by atoms with van der Waals surface area (Å²) in [5, 5.41) is 7.18. The first-order valence-electron chi connectivity index (χ1n) is 13.4. The number of carbonyl (C=O) groups excluding carboxylic acids is 2. The van der Waals surface area contributed by atoms with Crippen LogP contribution in [-0.2, 0) is 21.6 Å². The monoisotopic (exact) mass is 563 g/mol. The molecule has 2 aromatic heterocycles. The Balaban J connectivity index is 1.48. The lowest BCUT2D eigenvalue weighted by atomic mass is 9.73. The lowest BCUT2D eigenvalue weighted by Gasteiger charge is -2.42. The van der Waals surface area contributed by atoms with Gasteiger partial charge >= 0.3 is 0 Å². The Hall–Kier alpha value is -3.14. The van der Waals surface area contributed by atoms with Crippen molar-refractivity contribution in [3.05, 3.63) is 76.8 Å². The zero-order valence-corrected chi connectivity index (χ0v) is 25.3. The Morgan fingerprint density at radius 1 is 1.23 bits per heavy atom. The molecule has 10 heteroatoms. The highest BCUT2D eigenvalue weighted by Gasteiger charge is 2.59. The molecule has 0 spiro atoms. The maximum absolute atomic E-state index is 14.1. The minimum absolute atomic E-state index is 0.140. The van der Waals surface area contributed by atoms with Crippen LogP contribution < -0.4 is 5.32 Å². The number of pyridine rings is 1. The number of nitrogens with one attached hydrogen (secondary N) is 1. The molecule has 2 atom stereocenters. The van der Waals surface area contributed by atoms with Crippen LogP contribution in [0.5, 0.6) is 0 Å². The van der Waals surface area contributed by atoms with Crippen LogP contribution in [0.4, 0.5) is 5.69 Å². The molecule has 1 aliphatic carbocycles. The predicted molar refractivity (Wildman–Crippen MR) is 156 cm³/mol. The fourth-order valence-corrected chi connectivity index (χ4v) is 7.50. The van der Waals surface area contributed by atoms with Gasteiger partial charge in [0.1, 0.15) is 5.69 Å². The summed E-state index contributed by atoms with van der Waals surface area (Å²) in [5.74, 6) is -1.03. The van der Waals surface area contributed by atoms with E-state index < -0.39 is 16.9 Å². The second-order valence-electron chi connectivity index (χ2n) is 11.0. The summed E-state index contributed by atoms with van der Waals surface area (Å²) in [6.07, 6.45) is 8.61. The van der Waals surface area contributed by atoms with E-state index in [0.717, 1.165) is 50.2 Å². The van der Waals surface area contributed by atoms with Crippen molar-refractivity contribution < 1.29 is 14.3 Å². The number of amides is 2. The first-order valence-corrected chi connectivity index (χ1v) is 14.8. The van der Waals surface area contributed by atoms with Crippen LogP contribution >= 0.6 is 11.6 Å². The van der Waals surface area contributed by atoms with E-state index in [1.807, 2.05) is 36.4 Å². The molecule has 1 aromatic carbocycles. The fraction of sp³-hybridized carbons (Fsp3) is 0.414. The van der Waals surface area contributed by atoms with Crippen molar-refractivity contribution in [2.45, 2.75) is 43.6 Å². The summed E-state index contributed by atoms with van der Waals surface area (Å²) in [6.45, 7) is 3.68. The maximum Gasteiger partial charge on any atom is 0.294 e. The molecule has 1 saturated carbocycles. The average Bonchev–Trinajstić information content (AvgIpc) is 3.56. The number of hydrogen-bond acceptors (Lipinski definition) is 5. The standard InChI is InChI=1S/C29H34ClN5O3Si/c1-28(12-13-28)29(39,21-5-3-4-6-23(21)30)22(18-32-27(37)25-9-14-33-35(25)2)26(36)34-20-7-8-24(31-17-20)19-10-15-38-16-11-19/h3-9,14,17-19,22H,10-13,15-16H2,1-2,39H3,(H,34,36)/b32-18+. The Morgan fingerprint density at radius 2 is 1.97 bits per heavy atom. The lowest BCUT2D eigenvalue weighted by Crippen LogP contribution is -2.49. The fourth-order valence-electron chi connectivity index (χ4n) is 5.66. The van der Waals surface area contributed by atoms with E-state index in [1.54, 1.807) is 25.5 Å². The van der Waals surface area contributed by atoms with E-state index >= 15 is 0 Å². The van der Waals surface area contributed by atoms with Crippen LogP contribution in [0.1, 0.15) is 60.3 Å². The number of aryl methyl sites for hydroxylation is 1.